The molecule has 0 aliphatic carbocycles. The number of fused-ring (bicyclic) bond motifs is 1. The maximum Gasteiger partial charge on any atom is 0.416 e. The molecule has 1 aliphatic heterocycles. The molecule has 5 aromatic rings. The Morgan fingerprint density at radius 2 is 1.74 bits per heavy atom. The number of benzene rings is 2. The number of anilines is 3. The fourth-order valence-corrected chi connectivity index (χ4v) is 5.19. The number of hydrogen-bond donors (Lipinski definition) is 3. The maximum absolute atomic E-state index is 13.8. The molecule has 4 heterocycles. The van der Waals surface area contributed by atoms with Gasteiger partial charge in [0.15, 0.2) is 0 Å². The smallest absolute Gasteiger partial charge is 0.355 e. The van der Waals surface area contributed by atoms with E-state index in [9.17, 15) is 18.0 Å². The number of H-pyrrole nitrogens is 1. The van der Waals surface area contributed by atoms with Gasteiger partial charge in [-0.1, -0.05) is 6.07 Å². The average molecular weight is 586 g/mol. The van der Waals surface area contributed by atoms with Crippen molar-refractivity contribution in [2.75, 3.05) is 43.9 Å². The van der Waals surface area contributed by atoms with Gasteiger partial charge >= 0.3 is 6.18 Å². The Hall–Kier alpha value is -4.74. The molecule has 43 heavy (non-hydrogen) atoms. The van der Waals surface area contributed by atoms with Crippen molar-refractivity contribution in [2.45, 2.75) is 12.7 Å². The largest absolute Gasteiger partial charge is 0.416 e. The molecule has 3 N–H and O–H groups in total. The number of nitrogens with zero attached hydrogens (tertiary/aromatic N) is 4. The predicted octanol–water partition coefficient (Wildman–Crippen LogP) is 6.39. The van der Waals surface area contributed by atoms with E-state index in [1.165, 1.54) is 0 Å². The molecule has 6 rings (SSSR count). The SMILES string of the molecule is CN1CCN(Cc2cc(NC(=O)c3cccc(Nc4cc(-c5ccncc5)nc5[nH]ccc45)c3)cc(C(F)(F)F)c2)CC1. The standard InChI is InChI=1S/C32H30F3N7O/c1-41-11-13-42(14-12-41)20-21-15-24(32(33,34)35)18-26(16-21)39-31(43)23-3-2-4-25(17-23)38-29-19-28(22-5-8-36-9-6-22)40-30-27(29)7-10-37-30/h2-10,15-19H,11-14,20H2,1H3,(H,39,43)(H2,37,38,40). The van der Waals surface area contributed by atoms with Crippen molar-refractivity contribution in [3.63, 3.8) is 0 Å². The fourth-order valence-electron chi connectivity index (χ4n) is 5.19. The molecule has 220 valence electrons. The molecule has 2 aromatic carbocycles. The molecular weight excluding hydrogens is 555 g/mol. The molecule has 3 aromatic heterocycles. The van der Waals surface area contributed by atoms with Crippen LogP contribution in [-0.2, 0) is 12.7 Å². The average Bonchev–Trinajstić information content (AvgIpc) is 3.48. The van der Waals surface area contributed by atoms with Gasteiger partial charge in [0.05, 0.1) is 16.9 Å². The maximum atomic E-state index is 13.8. The molecular formula is C32H30F3N7O. The fraction of sp³-hybridized carbons (Fsp3) is 0.219. The Labute approximate surface area is 246 Å². The van der Waals surface area contributed by atoms with E-state index in [4.69, 9.17) is 4.98 Å². The van der Waals surface area contributed by atoms with Crippen LogP contribution in [0.1, 0.15) is 21.5 Å². The number of amides is 1. The summed E-state index contributed by atoms with van der Waals surface area (Å²) in [6, 6.07) is 18.2. The first-order valence-corrected chi connectivity index (χ1v) is 13.9. The molecule has 0 unspecified atom stereocenters. The lowest BCUT2D eigenvalue weighted by atomic mass is 10.1. The third-order valence-electron chi connectivity index (χ3n) is 7.49. The van der Waals surface area contributed by atoms with Gasteiger partial charge in [0, 0.05) is 79.2 Å². The summed E-state index contributed by atoms with van der Waals surface area (Å²) in [6.07, 6.45) is 0.663. The molecule has 0 radical (unpaired) electrons. The number of piperazine rings is 1. The van der Waals surface area contributed by atoms with Gasteiger partial charge in [-0.05, 0) is 73.3 Å². The number of aromatic nitrogens is 3. The third-order valence-corrected chi connectivity index (χ3v) is 7.49. The molecule has 0 saturated carbocycles. The minimum Gasteiger partial charge on any atom is -0.355 e. The van der Waals surface area contributed by atoms with Crippen molar-refractivity contribution in [2.24, 2.45) is 0 Å². The van der Waals surface area contributed by atoms with Gasteiger partial charge < -0.3 is 20.5 Å². The monoisotopic (exact) mass is 585 g/mol. The second kappa shape index (κ2) is 11.9. The van der Waals surface area contributed by atoms with Crippen LogP contribution in [0, 0.1) is 0 Å². The number of rotatable bonds is 7. The van der Waals surface area contributed by atoms with Gasteiger partial charge in [0.2, 0.25) is 0 Å². The van der Waals surface area contributed by atoms with Gasteiger partial charge in [-0.2, -0.15) is 13.2 Å². The lowest BCUT2D eigenvalue weighted by molar-refractivity contribution is -0.137. The van der Waals surface area contributed by atoms with Crippen molar-refractivity contribution in [3.05, 3.63) is 102 Å². The van der Waals surface area contributed by atoms with Crippen molar-refractivity contribution < 1.29 is 18.0 Å². The van der Waals surface area contributed by atoms with Crippen molar-refractivity contribution >= 4 is 34.0 Å². The molecule has 1 fully saturated rings. The summed E-state index contributed by atoms with van der Waals surface area (Å²) in [6.45, 7) is 3.62. The van der Waals surface area contributed by atoms with Gasteiger partial charge in [0.1, 0.15) is 5.65 Å². The number of nitrogens with one attached hydrogen (secondary N) is 3. The summed E-state index contributed by atoms with van der Waals surface area (Å²) >= 11 is 0. The molecule has 0 bridgehead atoms. The van der Waals surface area contributed by atoms with Crippen LogP contribution in [0.4, 0.5) is 30.2 Å². The molecule has 1 saturated heterocycles. The normalized spacial score (nSPS) is 14.6. The minimum absolute atomic E-state index is 0.104. The number of aromatic amines is 1. The first kappa shape index (κ1) is 28.4. The Kier molecular flexibility index (Phi) is 7.83. The second-order valence-electron chi connectivity index (χ2n) is 10.7. The van der Waals surface area contributed by atoms with Crippen LogP contribution in [0.25, 0.3) is 22.3 Å². The highest BCUT2D eigenvalue weighted by Crippen LogP contribution is 2.33. The zero-order chi connectivity index (χ0) is 30.0. The van der Waals surface area contributed by atoms with E-state index < -0.39 is 17.6 Å². The molecule has 8 nitrogen and oxygen atoms in total. The van der Waals surface area contributed by atoms with Gasteiger partial charge in [0.25, 0.3) is 5.91 Å². The van der Waals surface area contributed by atoms with Gasteiger partial charge in [-0.25, -0.2) is 4.98 Å². The summed E-state index contributed by atoms with van der Waals surface area (Å²) in [5, 5.41) is 6.93. The van der Waals surface area contributed by atoms with Crippen LogP contribution in [0.2, 0.25) is 0 Å². The zero-order valence-corrected chi connectivity index (χ0v) is 23.4. The summed E-state index contributed by atoms with van der Waals surface area (Å²) < 4.78 is 41.3. The highest BCUT2D eigenvalue weighted by Gasteiger charge is 2.31. The van der Waals surface area contributed by atoms with E-state index in [1.807, 2.05) is 37.4 Å². The van der Waals surface area contributed by atoms with Crippen LogP contribution >= 0.6 is 0 Å². The highest BCUT2D eigenvalue weighted by molar-refractivity contribution is 6.05. The number of halogens is 3. The number of alkyl halides is 3. The lowest BCUT2D eigenvalue weighted by Gasteiger charge is -2.32. The van der Waals surface area contributed by atoms with Crippen LogP contribution in [-0.4, -0.2) is 63.9 Å². The van der Waals surface area contributed by atoms with Crippen LogP contribution in [0.3, 0.4) is 0 Å². The summed E-state index contributed by atoms with van der Waals surface area (Å²) in [5.41, 5.74) is 3.88. The number of carbonyl (C=O) groups is 1. The molecule has 0 spiro atoms. The first-order chi connectivity index (χ1) is 20.7. The summed E-state index contributed by atoms with van der Waals surface area (Å²) in [4.78, 5) is 29.5. The number of likely N-dealkylation sites (N-methyl/N-ethyl adjacent to an activating group) is 1. The number of pyridine rings is 2. The zero-order valence-electron chi connectivity index (χ0n) is 23.4. The Bertz CT molecular complexity index is 1750. The second-order valence-corrected chi connectivity index (χ2v) is 10.7. The Morgan fingerprint density at radius 3 is 2.51 bits per heavy atom. The first-order valence-electron chi connectivity index (χ1n) is 13.9. The molecule has 1 amide bonds. The predicted molar refractivity (Wildman–Crippen MR) is 161 cm³/mol. The Morgan fingerprint density at radius 1 is 0.953 bits per heavy atom. The van der Waals surface area contributed by atoms with E-state index >= 15 is 0 Å². The highest BCUT2D eigenvalue weighted by atomic mass is 19.4. The molecule has 0 atom stereocenters. The number of hydrogen-bond acceptors (Lipinski definition) is 6. The third kappa shape index (κ3) is 6.68. The molecule has 11 heteroatoms. The van der Waals surface area contributed by atoms with Crippen LogP contribution in [0.15, 0.2) is 85.3 Å². The summed E-state index contributed by atoms with van der Waals surface area (Å²) in [7, 11) is 2.03. The van der Waals surface area contributed by atoms with E-state index in [1.54, 1.807) is 42.9 Å². The topological polar surface area (TPSA) is 89.2 Å². The van der Waals surface area contributed by atoms with E-state index in [0.717, 1.165) is 60.6 Å². The van der Waals surface area contributed by atoms with E-state index in [0.29, 0.717) is 29.0 Å². The van der Waals surface area contributed by atoms with Crippen molar-refractivity contribution in [1.82, 2.24) is 24.8 Å². The minimum atomic E-state index is -4.54. The van der Waals surface area contributed by atoms with E-state index in [-0.39, 0.29) is 5.69 Å². The van der Waals surface area contributed by atoms with Crippen LogP contribution < -0.4 is 10.6 Å². The van der Waals surface area contributed by atoms with Crippen molar-refractivity contribution in [3.8, 4) is 11.3 Å². The van der Waals surface area contributed by atoms with Gasteiger partial charge in [-0.15, -0.1) is 0 Å². The van der Waals surface area contributed by atoms with Crippen LogP contribution in [0.5, 0.6) is 0 Å². The summed E-state index contributed by atoms with van der Waals surface area (Å²) in [5.74, 6) is -0.507. The van der Waals surface area contributed by atoms with E-state index in [2.05, 4.69) is 30.4 Å². The lowest BCUT2D eigenvalue weighted by Crippen LogP contribution is -2.43. The number of carbonyl (C=O) groups excluding carboxylic acids is 1. The molecule has 1 aliphatic rings. The Balaban J connectivity index is 1.23. The van der Waals surface area contributed by atoms with Gasteiger partial charge in [-0.3, -0.25) is 14.7 Å². The van der Waals surface area contributed by atoms with Crippen molar-refractivity contribution in [1.29, 1.82) is 0 Å². The quantitative estimate of drug-likeness (QED) is 0.205.